The van der Waals surface area contributed by atoms with Crippen LogP contribution in [0.3, 0.4) is 0 Å². The topological polar surface area (TPSA) is 33.2 Å². The Labute approximate surface area is 102 Å². The number of thiazole rings is 1. The highest BCUT2D eigenvalue weighted by Crippen LogP contribution is 2.24. The first-order valence-electron chi connectivity index (χ1n) is 5.28. The normalized spacial score (nSPS) is 13.4. The number of para-hydroxylation sites is 1. The van der Waals surface area contributed by atoms with E-state index in [4.69, 9.17) is 0 Å². The van der Waals surface area contributed by atoms with Gasteiger partial charge >= 0.3 is 0 Å². The van der Waals surface area contributed by atoms with Crippen LogP contribution >= 0.6 is 11.3 Å². The predicted octanol–water partition coefficient (Wildman–Crippen LogP) is 2.66. The molecule has 0 spiro atoms. The van der Waals surface area contributed by atoms with E-state index in [2.05, 4.69) is 4.98 Å². The number of hydrogen-bond donors (Lipinski definition) is 0. The third-order valence-corrected chi connectivity index (χ3v) is 5.25. The van der Waals surface area contributed by atoms with Crippen LogP contribution in [0.2, 0.25) is 0 Å². The molecular formula is C11H14N2OS2. The van der Waals surface area contributed by atoms with Crippen LogP contribution in [-0.2, 0) is 11.0 Å². The van der Waals surface area contributed by atoms with Crippen LogP contribution in [0, 0.1) is 0 Å². The quantitative estimate of drug-likeness (QED) is 0.840. The van der Waals surface area contributed by atoms with Gasteiger partial charge in [0.15, 0.2) is 15.3 Å². The SMILES string of the molecule is CCN(CC)S(=O)c1nc2ccccc2s1. The van der Waals surface area contributed by atoms with E-state index in [1.165, 1.54) is 11.3 Å². The van der Waals surface area contributed by atoms with Crippen molar-refractivity contribution in [2.75, 3.05) is 13.1 Å². The number of nitrogens with zero attached hydrogens (tertiary/aromatic N) is 2. The Hall–Kier alpha value is -0.780. The standard InChI is InChI=1S/C11H14N2OS2/c1-3-13(4-2)16(14)11-12-9-7-5-6-8-10(9)15-11/h5-8H,3-4H2,1-2H3. The molecule has 0 saturated heterocycles. The fourth-order valence-electron chi connectivity index (χ4n) is 1.49. The van der Waals surface area contributed by atoms with Crippen LogP contribution < -0.4 is 0 Å². The molecule has 86 valence electrons. The van der Waals surface area contributed by atoms with Gasteiger partial charge < -0.3 is 0 Å². The lowest BCUT2D eigenvalue weighted by atomic mass is 10.3. The van der Waals surface area contributed by atoms with Gasteiger partial charge in [-0.2, -0.15) is 0 Å². The summed E-state index contributed by atoms with van der Waals surface area (Å²) in [6.45, 7) is 5.57. The maximum Gasteiger partial charge on any atom is 0.197 e. The second kappa shape index (κ2) is 5.03. The molecule has 5 heteroatoms. The summed E-state index contributed by atoms with van der Waals surface area (Å²) < 4.78 is 15.9. The van der Waals surface area contributed by atoms with Gasteiger partial charge in [-0.1, -0.05) is 26.0 Å². The first-order valence-corrected chi connectivity index (χ1v) is 7.21. The number of fused-ring (bicyclic) bond motifs is 1. The maximum absolute atomic E-state index is 12.2. The van der Waals surface area contributed by atoms with Gasteiger partial charge in [0.05, 0.1) is 10.2 Å². The maximum atomic E-state index is 12.2. The second-order valence-electron chi connectivity index (χ2n) is 3.31. The molecule has 16 heavy (non-hydrogen) atoms. The molecule has 1 unspecified atom stereocenters. The molecular weight excluding hydrogens is 240 g/mol. The third-order valence-electron chi connectivity index (χ3n) is 2.36. The zero-order chi connectivity index (χ0) is 11.5. The molecule has 0 amide bonds. The van der Waals surface area contributed by atoms with Crippen molar-refractivity contribution < 1.29 is 4.21 Å². The summed E-state index contributed by atoms with van der Waals surface area (Å²) in [5.41, 5.74) is 0.933. The van der Waals surface area contributed by atoms with E-state index < -0.39 is 11.0 Å². The molecule has 1 aromatic carbocycles. The van der Waals surface area contributed by atoms with Crippen molar-refractivity contribution in [2.24, 2.45) is 0 Å². The van der Waals surface area contributed by atoms with Crippen molar-refractivity contribution >= 4 is 32.5 Å². The lowest BCUT2D eigenvalue weighted by Crippen LogP contribution is -2.25. The molecule has 0 radical (unpaired) electrons. The average Bonchev–Trinajstić information content (AvgIpc) is 2.74. The summed E-state index contributed by atoms with van der Waals surface area (Å²) in [6, 6.07) is 7.89. The van der Waals surface area contributed by atoms with Gasteiger partial charge in [0.25, 0.3) is 0 Å². The largest absolute Gasteiger partial charge is 0.235 e. The molecule has 0 N–H and O–H groups in total. The Bertz CT molecular complexity index is 472. The highest BCUT2D eigenvalue weighted by atomic mass is 32.2. The van der Waals surface area contributed by atoms with Gasteiger partial charge in [0.1, 0.15) is 0 Å². The molecule has 1 heterocycles. The zero-order valence-electron chi connectivity index (χ0n) is 9.34. The van der Waals surface area contributed by atoms with Crippen LogP contribution in [0.25, 0.3) is 10.2 Å². The van der Waals surface area contributed by atoms with Crippen molar-refractivity contribution in [1.82, 2.24) is 9.29 Å². The first kappa shape index (κ1) is 11.7. The molecule has 0 bridgehead atoms. The lowest BCUT2D eigenvalue weighted by molar-refractivity contribution is 0.489. The summed E-state index contributed by atoms with van der Waals surface area (Å²) in [7, 11) is -1.11. The van der Waals surface area contributed by atoms with Crippen LogP contribution in [0.1, 0.15) is 13.8 Å². The number of rotatable bonds is 4. The summed E-state index contributed by atoms with van der Waals surface area (Å²) in [4.78, 5) is 4.41. The summed E-state index contributed by atoms with van der Waals surface area (Å²) in [5, 5.41) is 0. The van der Waals surface area contributed by atoms with E-state index in [1.807, 2.05) is 42.4 Å². The van der Waals surface area contributed by atoms with E-state index in [-0.39, 0.29) is 0 Å². The Morgan fingerprint density at radius 3 is 2.62 bits per heavy atom. The molecule has 2 rings (SSSR count). The second-order valence-corrected chi connectivity index (χ2v) is 6.00. The molecule has 0 aliphatic carbocycles. The molecule has 2 aromatic rings. The lowest BCUT2D eigenvalue weighted by Gasteiger charge is -2.14. The Morgan fingerprint density at radius 2 is 2.00 bits per heavy atom. The number of aromatic nitrogens is 1. The first-order chi connectivity index (χ1) is 7.76. The van der Waals surface area contributed by atoms with Gasteiger partial charge in [-0.3, -0.25) is 0 Å². The molecule has 0 saturated carbocycles. The average molecular weight is 254 g/mol. The molecule has 1 atom stereocenters. The zero-order valence-corrected chi connectivity index (χ0v) is 11.0. The summed E-state index contributed by atoms with van der Waals surface area (Å²) >= 11 is 1.51. The summed E-state index contributed by atoms with van der Waals surface area (Å²) in [5.74, 6) is 0. The minimum atomic E-state index is -1.11. The fraction of sp³-hybridized carbons (Fsp3) is 0.364. The van der Waals surface area contributed by atoms with Crippen LogP contribution in [-0.4, -0.2) is 26.6 Å². The van der Waals surface area contributed by atoms with E-state index in [0.717, 1.165) is 23.3 Å². The van der Waals surface area contributed by atoms with Crippen LogP contribution in [0.4, 0.5) is 0 Å². The Morgan fingerprint density at radius 1 is 1.31 bits per heavy atom. The van der Waals surface area contributed by atoms with Crippen LogP contribution in [0.15, 0.2) is 28.6 Å². The van der Waals surface area contributed by atoms with E-state index in [9.17, 15) is 4.21 Å². The highest BCUT2D eigenvalue weighted by Gasteiger charge is 2.15. The molecule has 3 nitrogen and oxygen atoms in total. The molecule has 0 aliphatic heterocycles. The Balaban J connectivity index is 2.36. The van der Waals surface area contributed by atoms with Gasteiger partial charge in [-0.25, -0.2) is 13.5 Å². The minimum absolute atomic E-state index is 0.699. The van der Waals surface area contributed by atoms with Crippen molar-refractivity contribution in [3.63, 3.8) is 0 Å². The van der Waals surface area contributed by atoms with Gasteiger partial charge in [0.2, 0.25) is 0 Å². The third kappa shape index (κ3) is 2.16. The predicted molar refractivity (Wildman–Crippen MR) is 68.9 cm³/mol. The van der Waals surface area contributed by atoms with Crippen LogP contribution in [0.5, 0.6) is 0 Å². The van der Waals surface area contributed by atoms with Gasteiger partial charge in [-0.05, 0) is 12.1 Å². The van der Waals surface area contributed by atoms with E-state index in [0.29, 0.717) is 4.34 Å². The van der Waals surface area contributed by atoms with Crippen molar-refractivity contribution in [2.45, 2.75) is 18.2 Å². The van der Waals surface area contributed by atoms with E-state index >= 15 is 0 Å². The number of hydrogen-bond acceptors (Lipinski definition) is 3. The van der Waals surface area contributed by atoms with Crippen molar-refractivity contribution in [3.05, 3.63) is 24.3 Å². The molecule has 0 aliphatic rings. The Kier molecular flexibility index (Phi) is 3.68. The fourth-order valence-corrected chi connectivity index (χ4v) is 3.93. The van der Waals surface area contributed by atoms with Crippen molar-refractivity contribution in [1.29, 1.82) is 0 Å². The molecule has 1 aromatic heterocycles. The molecule has 0 fully saturated rings. The minimum Gasteiger partial charge on any atom is -0.235 e. The van der Waals surface area contributed by atoms with Gasteiger partial charge in [-0.15, -0.1) is 11.3 Å². The van der Waals surface area contributed by atoms with E-state index in [1.54, 1.807) is 0 Å². The number of benzene rings is 1. The smallest absolute Gasteiger partial charge is 0.197 e. The monoisotopic (exact) mass is 254 g/mol. The highest BCUT2D eigenvalue weighted by molar-refractivity contribution is 7.85. The summed E-state index contributed by atoms with van der Waals surface area (Å²) in [6.07, 6.45) is 0. The van der Waals surface area contributed by atoms with Crippen molar-refractivity contribution in [3.8, 4) is 0 Å². The van der Waals surface area contributed by atoms with Gasteiger partial charge in [0, 0.05) is 13.1 Å².